The van der Waals surface area contributed by atoms with Crippen LogP contribution in [-0.4, -0.2) is 30.1 Å². The molecule has 0 radical (unpaired) electrons. The first kappa shape index (κ1) is 15.2. The number of nitrogens with zero attached hydrogens (tertiary/aromatic N) is 1. The summed E-state index contributed by atoms with van der Waals surface area (Å²) < 4.78 is 0. The maximum absolute atomic E-state index is 4.21. The van der Waals surface area contributed by atoms with Gasteiger partial charge in [-0.2, -0.15) is 11.8 Å². The van der Waals surface area contributed by atoms with E-state index >= 15 is 0 Å². The van der Waals surface area contributed by atoms with Crippen molar-refractivity contribution in [2.75, 3.05) is 35.7 Å². The molecule has 1 aromatic rings. The SMILES string of the molecule is CCNc1cncc(NCCCCCCSC)c1. The molecule has 4 heteroatoms. The average molecular weight is 267 g/mol. The van der Waals surface area contributed by atoms with Gasteiger partial charge in [0.2, 0.25) is 0 Å². The molecule has 0 saturated heterocycles. The van der Waals surface area contributed by atoms with Crippen LogP contribution >= 0.6 is 11.8 Å². The van der Waals surface area contributed by atoms with E-state index < -0.39 is 0 Å². The lowest BCUT2D eigenvalue weighted by Crippen LogP contribution is -2.03. The highest BCUT2D eigenvalue weighted by Gasteiger charge is 1.95. The Hall–Kier alpha value is -0.900. The molecular formula is C14H25N3S. The number of pyridine rings is 1. The van der Waals surface area contributed by atoms with E-state index in [9.17, 15) is 0 Å². The smallest absolute Gasteiger partial charge is 0.0547 e. The number of hydrogen-bond acceptors (Lipinski definition) is 4. The first-order valence-electron chi connectivity index (χ1n) is 6.78. The summed E-state index contributed by atoms with van der Waals surface area (Å²) in [6.45, 7) is 4.06. The number of nitrogens with one attached hydrogen (secondary N) is 2. The van der Waals surface area contributed by atoms with Crippen LogP contribution in [0.25, 0.3) is 0 Å². The van der Waals surface area contributed by atoms with Gasteiger partial charge in [0.1, 0.15) is 0 Å². The Kier molecular flexibility index (Phi) is 8.47. The summed E-state index contributed by atoms with van der Waals surface area (Å²) in [6, 6.07) is 2.12. The second-order valence-electron chi connectivity index (χ2n) is 4.33. The van der Waals surface area contributed by atoms with E-state index in [0.717, 1.165) is 24.5 Å². The van der Waals surface area contributed by atoms with E-state index in [1.807, 2.05) is 24.2 Å². The third-order valence-electron chi connectivity index (χ3n) is 2.72. The van der Waals surface area contributed by atoms with Crippen molar-refractivity contribution in [2.24, 2.45) is 0 Å². The van der Waals surface area contributed by atoms with E-state index in [0.29, 0.717) is 0 Å². The maximum atomic E-state index is 4.21. The summed E-state index contributed by atoms with van der Waals surface area (Å²) in [4.78, 5) is 4.21. The van der Waals surface area contributed by atoms with Crippen LogP contribution in [-0.2, 0) is 0 Å². The highest BCUT2D eigenvalue weighted by atomic mass is 32.2. The first-order chi connectivity index (χ1) is 8.86. The molecule has 0 aliphatic rings. The first-order valence-corrected chi connectivity index (χ1v) is 8.18. The predicted octanol–water partition coefficient (Wildman–Crippen LogP) is 3.85. The van der Waals surface area contributed by atoms with Gasteiger partial charge >= 0.3 is 0 Å². The van der Waals surface area contributed by atoms with Crippen LogP contribution < -0.4 is 10.6 Å². The van der Waals surface area contributed by atoms with Crippen LogP contribution in [0.2, 0.25) is 0 Å². The highest BCUT2D eigenvalue weighted by molar-refractivity contribution is 7.98. The van der Waals surface area contributed by atoms with Crippen molar-refractivity contribution in [3.8, 4) is 0 Å². The minimum Gasteiger partial charge on any atom is -0.384 e. The van der Waals surface area contributed by atoms with Crippen molar-refractivity contribution in [3.63, 3.8) is 0 Å². The lowest BCUT2D eigenvalue weighted by molar-refractivity contribution is 0.689. The molecule has 0 aromatic carbocycles. The molecule has 0 aliphatic carbocycles. The molecule has 1 aromatic heterocycles. The number of unbranched alkanes of at least 4 members (excludes halogenated alkanes) is 3. The number of aromatic nitrogens is 1. The third-order valence-corrected chi connectivity index (χ3v) is 3.42. The van der Waals surface area contributed by atoms with Crippen molar-refractivity contribution in [1.82, 2.24) is 4.98 Å². The number of hydrogen-bond donors (Lipinski definition) is 2. The topological polar surface area (TPSA) is 37.0 Å². The Morgan fingerprint density at radius 2 is 1.78 bits per heavy atom. The fraction of sp³-hybridized carbons (Fsp3) is 0.643. The van der Waals surface area contributed by atoms with Gasteiger partial charge in [0.05, 0.1) is 23.8 Å². The van der Waals surface area contributed by atoms with Gasteiger partial charge in [0.25, 0.3) is 0 Å². The molecule has 3 nitrogen and oxygen atoms in total. The van der Waals surface area contributed by atoms with E-state index in [4.69, 9.17) is 0 Å². The third kappa shape index (κ3) is 6.74. The molecule has 0 unspecified atom stereocenters. The molecule has 102 valence electrons. The molecule has 0 aliphatic heterocycles. The fourth-order valence-electron chi connectivity index (χ4n) is 1.80. The van der Waals surface area contributed by atoms with E-state index in [-0.39, 0.29) is 0 Å². The lowest BCUT2D eigenvalue weighted by Gasteiger charge is -2.08. The Labute approximate surface area is 115 Å². The average Bonchev–Trinajstić information content (AvgIpc) is 2.39. The molecule has 0 bridgehead atoms. The monoisotopic (exact) mass is 267 g/mol. The van der Waals surface area contributed by atoms with Gasteiger partial charge in [0.15, 0.2) is 0 Å². The van der Waals surface area contributed by atoms with Gasteiger partial charge in [-0.3, -0.25) is 4.98 Å². The zero-order chi connectivity index (χ0) is 13.1. The van der Waals surface area contributed by atoms with Gasteiger partial charge in [-0.25, -0.2) is 0 Å². The number of rotatable bonds is 10. The summed E-state index contributed by atoms with van der Waals surface area (Å²) in [5, 5.41) is 6.69. The minimum absolute atomic E-state index is 0.931. The molecule has 1 heterocycles. The van der Waals surface area contributed by atoms with Crippen LogP contribution in [0.15, 0.2) is 18.5 Å². The van der Waals surface area contributed by atoms with Crippen LogP contribution in [0.5, 0.6) is 0 Å². The molecule has 0 amide bonds. The minimum atomic E-state index is 0.931. The van der Waals surface area contributed by atoms with Crippen LogP contribution in [0.1, 0.15) is 32.6 Å². The standard InChI is InChI=1S/C14H25N3S/c1-3-16-13-10-14(12-15-11-13)17-8-6-4-5-7-9-18-2/h10-12,16-17H,3-9H2,1-2H3. The van der Waals surface area contributed by atoms with E-state index in [1.165, 1.54) is 31.4 Å². The molecule has 0 fully saturated rings. The molecular weight excluding hydrogens is 242 g/mol. The Bertz CT molecular complexity index is 318. The van der Waals surface area contributed by atoms with Gasteiger partial charge in [-0.05, 0) is 37.8 Å². The fourth-order valence-corrected chi connectivity index (χ4v) is 2.29. The van der Waals surface area contributed by atoms with Crippen LogP contribution in [0.3, 0.4) is 0 Å². The van der Waals surface area contributed by atoms with E-state index in [1.54, 1.807) is 0 Å². The zero-order valence-corrected chi connectivity index (χ0v) is 12.4. The van der Waals surface area contributed by atoms with Gasteiger partial charge in [-0.1, -0.05) is 12.8 Å². The second kappa shape index (κ2) is 10.1. The Morgan fingerprint density at radius 3 is 2.50 bits per heavy atom. The molecule has 0 saturated carbocycles. The molecule has 0 spiro atoms. The number of anilines is 2. The largest absolute Gasteiger partial charge is 0.384 e. The van der Waals surface area contributed by atoms with Crippen LogP contribution in [0.4, 0.5) is 11.4 Å². The quantitative estimate of drug-likeness (QED) is 0.631. The summed E-state index contributed by atoms with van der Waals surface area (Å²) in [5.74, 6) is 1.29. The van der Waals surface area contributed by atoms with Gasteiger partial charge in [0, 0.05) is 13.1 Å². The second-order valence-corrected chi connectivity index (χ2v) is 5.31. The highest BCUT2D eigenvalue weighted by Crippen LogP contribution is 2.13. The Morgan fingerprint density at radius 1 is 1.06 bits per heavy atom. The van der Waals surface area contributed by atoms with Gasteiger partial charge < -0.3 is 10.6 Å². The van der Waals surface area contributed by atoms with Crippen molar-refractivity contribution >= 4 is 23.1 Å². The molecule has 0 atom stereocenters. The van der Waals surface area contributed by atoms with Crippen molar-refractivity contribution in [3.05, 3.63) is 18.5 Å². The molecule has 1 rings (SSSR count). The zero-order valence-electron chi connectivity index (χ0n) is 11.5. The Balaban J connectivity index is 2.13. The van der Waals surface area contributed by atoms with E-state index in [2.05, 4.69) is 34.9 Å². The number of thioether (sulfide) groups is 1. The summed E-state index contributed by atoms with van der Waals surface area (Å²) in [6.07, 6.45) is 11.2. The lowest BCUT2D eigenvalue weighted by atomic mass is 10.2. The summed E-state index contributed by atoms with van der Waals surface area (Å²) in [7, 11) is 0. The van der Waals surface area contributed by atoms with Gasteiger partial charge in [-0.15, -0.1) is 0 Å². The normalized spacial score (nSPS) is 10.3. The van der Waals surface area contributed by atoms with Crippen LogP contribution in [0, 0.1) is 0 Å². The maximum Gasteiger partial charge on any atom is 0.0547 e. The summed E-state index contributed by atoms with van der Waals surface area (Å²) in [5.41, 5.74) is 2.19. The molecule has 18 heavy (non-hydrogen) atoms. The van der Waals surface area contributed by atoms with Crippen molar-refractivity contribution in [2.45, 2.75) is 32.6 Å². The predicted molar refractivity (Wildman–Crippen MR) is 83.7 cm³/mol. The molecule has 2 N–H and O–H groups in total. The van der Waals surface area contributed by atoms with Crippen molar-refractivity contribution < 1.29 is 0 Å². The summed E-state index contributed by atoms with van der Waals surface area (Å²) >= 11 is 1.94. The van der Waals surface area contributed by atoms with Crippen molar-refractivity contribution in [1.29, 1.82) is 0 Å².